The number of piperidine rings is 1. The lowest BCUT2D eigenvalue weighted by molar-refractivity contribution is 0.0930. The molecule has 1 amide bonds. The number of rotatable bonds is 5. The molecule has 29 heavy (non-hydrogen) atoms. The van der Waals surface area contributed by atoms with Gasteiger partial charge in [0.15, 0.2) is 5.82 Å². The Morgan fingerprint density at radius 2 is 2.07 bits per heavy atom. The third-order valence-corrected chi connectivity index (χ3v) is 5.37. The van der Waals surface area contributed by atoms with E-state index < -0.39 is 0 Å². The van der Waals surface area contributed by atoms with Crippen LogP contribution in [0.3, 0.4) is 0 Å². The molecule has 0 radical (unpaired) electrons. The van der Waals surface area contributed by atoms with E-state index in [1.54, 1.807) is 25.3 Å². The molecule has 2 heterocycles. The second kappa shape index (κ2) is 8.57. The summed E-state index contributed by atoms with van der Waals surface area (Å²) in [4.78, 5) is 15.0. The maximum absolute atomic E-state index is 12.8. The van der Waals surface area contributed by atoms with Crippen molar-refractivity contribution in [1.82, 2.24) is 15.5 Å². The Labute approximate surface area is 174 Å². The van der Waals surface area contributed by atoms with Gasteiger partial charge in [0.25, 0.3) is 5.91 Å². The molecule has 4 rings (SSSR count). The van der Waals surface area contributed by atoms with Gasteiger partial charge in [-0.2, -0.15) is 5.10 Å². The van der Waals surface area contributed by atoms with Crippen molar-refractivity contribution in [2.45, 2.75) is 18.9 Å². The van der Waals surface area contributed by atoms with E-state index in [-0.39, 0.29) is 11.9 Å². The Balaban J connectivity index is 1.45. The number of nitrogens with one attached hydrogen (secondary N) is 2. The van der Waals surface area contributed by atoms with Crippen LogP contribution in [0, 0.1) is 0 Å². The van der Waals surface area contributed by atoms with Gasteiger partial charge in [-0.25, -0.2) is 0 Å². The maximum Gasteiger partial charge on any atom is 0.255 e. The zero-order valence-corrected chi connectivity index (χ0v) is 16.9. The van der Waals surface area contributed by atoms with Crippen LogP contribution in [0.2, 0.25) is 5.02 Å². The highest BCUT2D eigenvalue weighted by Gasteiger charge is 2.24. The van der Waals surface area contributed by atoms with Gasteiger partial charge >= 0.3 is 0 Å². The van der Waals surface area contributed by atoms with E-state index in [0.717, 1.165) is 36.5 Å². The van der Waals surface area contributed by atoms with Crippen molar-refractivity contribution in [3.8, 4) is 17.0 Å². The molecule has 2 aromatic carbocycles. The number of halogens is 1. The number of anilines is 1. The smallest absolute Gasteiger partial charge is 0.255 e. The molecule has 0 unspecified atom stereocenters. The van der Waals surface area contributed by atoms with Gasteiger partial charge < -0.3 is 15.0 Å². The van der Waals surface area contributed by atoms with Gasteiger partial charge in [0.05, 0.1) is 18.4 Å². The third kappa shape index (κ3) is 4.38. The molecular formula is C22H23ClN4O2. The number of ether oxygens (including phenoxy) is 1. The molecule has 1 saturated heterocycles. The second-order valence-corrected chi connectivity index (χ2v) is 7.55. The molecule has 0 aliphatic carbocycles. The van der Waals surface area contributed by atoms with Gasteiger partial charge in [0, 0.05) is 30.2 Å². The highest BCUT2D eigenvalue weighted by Crippen LogP contribution is 2.25. The van der Waals surface area contributed by atoms with Crippen LogP contribution in [-0.4, -0.2) is 42.3 Å². The quantitative estimate of drug-likeness (QED) is 0.663. The molecule has 3 aromatic rings. The number of amides is 1. The number of nitrogens with zero attached hydrogens (tertiary/aromatic N) is 2. The molecule has 1 atom stereocenters. The summed E-state index contributed by atoms with van der Waals surface area (Å²) in [5, 5.41) is 11.2. The predicted molar refractivity (Wildman–Crippen MR) is 115 cm³/mol. The lowest BCUT2D eigenvalue weighted by Crippen LogP contribution is -2.48. The summed E-state index contributed by atoms with van der Waals surface area (Å²) in [7, 11) is 1.55. The summed E-state index contributed by atoms with van der Waals surface area (Å²) in [5.41, 5.74) is 2.53. The van der Waals surface area contributed by atoms with Crippen LogP contribution in [0.1, 0.15) is 23.2 Å². The van der Waals surface area contributed by atoms with Crippen molar-refractivity contribution in [2.24, 2.45) is 0 Å². The standard InChI is InChI=1S/C22H23ClN4O2/c1-29-20-10-9-16(23)12-18(20)22(28)24-17-8-5-11-27(14-17)21-13-19(25-26-21)15-6-3-2-4-7-15/h2-4,6-7,9-10,12-13,17H,5,8,11,14H2,1H3,(H,24,28)(H,25,26)/t17-/m0/s1. The summed E-state index contributed by atoms with van der Waals surface area (Å²) >= 11 is 6.06. The molecule has 1 aromatic heterocycles. The van der Waals surface area contributed by atoms with Crippen molar-refractivity contribution >= 4 is 23.3 Å². The molecule has 0 spiro atoms. The third-order valence-electron chi connectivity index (χ3n) is 5.14. The number of hydrogen-bond acceptors (Lipinski definition) is 4. The van der Waals surface area contributed by atoms with Crippen molar-refractivity contribution in [3.05, 3.63) is 65.2 Å². The summed E-state index contributed by atoms with van der Waals surface area (Å²) in [6.07, 6.45) is 1.90. The second-order valence-electron chi connectivity index (χ2n) is 7.11. The van der Waals surface area contributed by atoms with E-state index in [0.29, 0.717) is 22.9 Å². The normalized spacial score (nSPS) is 16.5. The lowest BCUT2D eigenvalue weighted by atomic mass is 10.0. The fourth-order valence-corrected chi connectivity index (χ4v) is 3.83. The van der Waals surface area contributed by atoms with Crippen LogP contribution >= 0.6 is 11.6 Å². The van der Waals surface area contributed by atoms with E-state index in [9.17, 15) is 4.79 Å². The largest absolute Gasteiger partial charge is 0.496 e. The fraction of sp³-hybridized carbons (Fsp3) is 0.273. The van der Waals surface area contributed by atoms with Crippen molar-refractivity contribution < 1.29 is 9.53 Å². The first kappa shape index (κ1) is 19.3. The molecule has 7 heteroatoms. The number of hydrogen-bond donors (Lipinski definition) is 2. The molecule has 0 bridgehead atoms. The van der Waals surface area contributed by atoms with Crippen LogP contribution in [0.15, 0.2) is 54.6 Å². The number of benzene rings is 2. The van der Waals surface area contributed by atoms with E-state index in [1.165, 1.54) is 0 Å². The molecule has 2 N–H and O–H groups in total. The monoisotopic (exact) mass is 410 g/mol. The summed E-state index contributed by atoms with van der Waals surface area (Å²) in [6.45, 7) is 1.61. The van der Waals surface area contributed by atoms with E-state index in [2.05, 4.69) is 38.6 Å². The fourth-order valence-electron chi connectivity index (χ4n) is 3.66. The summed E-state index contributed by atoms with van der Waals surface area (Å²) in [6, 6.07) is 17.2. The van der Waals surface area contributed by atoms with Crippen LogP contribution in [0.4, 0.5) is 5.82 Å². The van der Waals surface area contributed by atoms with Gasteiger partial charge in [0.1, 0.15) is 5.75 Å². The first-order chi connectivity index (χ1) is 14.1. The topological polar surface area (TPSA) is 70.2 Å². The van der Waals surface area contributed by atoms with Crippen LogP contribution in [-0.2, 0) is 0 Å². The van der Waals surface area contributed by atoms with Gasteiger partial charge in [0.2, 0.25) is 0 Å². The molecule has 1 aliphatic rings. The number of aromatic amines is 1. The Kier molecular flexibility index (Phi) is 5.71. The number of aromatic nitrogens is 2. The van der Waals surface area contributed by atoms with Gasteiger partial charge in [-0.15, -0.1) is 0 Å². The van der Waals surface area contributed by atoms with Crippen LogP contribution in [0.5, 0.6) is 5.75 Å². The van der Waals surface area contributed by atoms with Crippen LogP contribution in [0.25, 0.3) is 11.3 Å². The lowest BCUT2D eigenvalue weighted by Gasteiger charge is -2.33. The Morgan fingerprint density at radius 1 is 1.24 bits per heavy atom. The Bertz CT molecular complexity index is 989. The highest BCUT2D eigenvalue weighted by molar-refractivity contribution is 6.31. The Hall–Kier alpha value is -2.99. The minimum absolute atomic E-state index is 0.0248. The van der Waals surface area contributed by atoms with E-state index in [4.69, 9.17) is 16.3 Å². The molecule has 150 valence electrons. The van der Waals surface area contributed by atoms with Crippen molar-refractivity contribution in [1.29, 1.82) is 0 Å². The van der Waals surface area contributed by atoms with Gasteiger partial charge in [-0.1, -0.05) is 41.9 Å². The molecular weight excluding hydrogens is 388 g/mol. The Morgan fingerprint density at radius 3 is 2.86 bits per heavy atom. The number of carbonyl (C=O) groups is 1. The van der Waals surface area contributed by atoms with E-state index in [1.807, 2.05) is 18.2 Å². The first-order valence-electron chi connectivity index (χ1n) is 9.64. The minimum atomic E-state index is -0.178. The minimum Gasteiger partial charge on any atom is -0.496 e. The molecule has 1 fully saturated rings. The van der Waals surface area contributed by atoms with Gasteiger partial charge in [-0.3, -0.25) is 9.89 Å². The highest BCUT2D eigenvalue weighted by atomic mass is 35.5. The summed E-state index contributed by atoms with van der Waals surface area (Å²) in [5.74, 6) is 1.23. The zero-order valence-electron chi connectivity index (χ0n) is 16.2. The average Bonchev–Trinajstić information content (AvgIpc) is 3.25. The number of H-pyrrole nitrogens is 1. The van der Waals surface area contributed by atoms with Crippen molar-refractivity contribution in [2.75, 3.05) is 25.1 Å². The SMILES string of the molecule is COc1ccc(Cl)cc1C(=O)N[C@H]1CCCN(c2cc(-c3ccccc3)[nH]n2)C1. The number of methoxy groups -OCH3 is 1. The van der Waals surface area contributed by atoms with Crippen molar-refractivity contribution in [3.63, 3.8) is 0 Å². The molecule has 6 nitrogen and oxygen atoms in total. The predicted octanol–water partition coefficient (Wildman–Crippen LogP) is 4.14. The average molecular weight is 411 g/mol. The summed E-state index contributed by atoms with van der Waals surface area (Å²) < 4.78 is 5.30. The molecule has 0 saturated carbocycles. The van der Waals surface area contributed by atoms with Gasteiger partial charge in [-0.05, 0) is 36.6 Å². The first-order valence-corrected chi connectivity index (χ1v) is 10.0. The maximum atomic E-state index is 12.8. The van der Waals surface area contributed by atoms with Crippen LogP contribution < -0.4 is 15.0 Å². The van der Waals surface area contributed by atoms with E-state index >= 15 is 0 Å². The zero-order chi connectivity index (χ0) is 20.2. The number of carbonyl (C=O) groups excluding carboxylic acids is 1. The molecule has 1 aliphatic heterocycles.